The number of hydrazine groups is 1. The van der Waals surface area contributed by atoms with Gasteiger partial charge in [-0.1, -0.05) is 36.4 Å². The minimum Gasteiger partial charge on any atom is -0.285 e. The summed E-state index contributed by atoms with van der Waals surface area (Å²) in [6, 6.07) is 14.5. The van der Waals surface area contributed by atoms with E-state index in [0.717, 1.165) is 11.4 Å². The van der Waals surface area contributed by atoms with E-state index in [1.165, 1.54) is 15.8 Å². The van der Waals surface area contributed by atoms with Crippen LogP contribution in [0.3, 0.4) is 0 Å². The minimum absolute atomic E-state index is 0.762. The number of fused-ring (bicyclic) bond motifs is 1. The van der Waals surface area contributed by atoms with E-state index in [2.05, 4.69) is 29.3 Å². The molecule has 0 fully saturated rings. The summed E-state index contributed by atoms with van der Waals surface area (Å²) in [5.41, 5.74) is 1.02. The Morgan fingerprint density at radius 3 is 2.65 bits per heavy atom. The molecule has 83 valence electrons. The van der Waals surface area contributed by atoms with E-state index in [4.69, 9.17) is 5.84 Å². The van der Waals surface area contributed by atoms with Gasteiger partial charge in [-0.05, 0) is 22.9 Å². The number of nitrogens with two attached hydrogens (primary N) is 1. The zero-order chi connectivity index (χ0) is 11.7. The van der Waals surface area contributed by atoms with Crippen LogP contribution in [-0.4, -0.2) is 10.8 Å². The van der Waals surface area contributed by atoms with Crippen LogP contribution in [0.4, 0.5) is 0 Å². The third-order valence-corrected chi connectivity index (χ3v) is 2.78. The van der Waals surface area contributed by atoms with Crippen LogP contribution in [-0.2, 0) is 0 Å². The molecule has 2 aromatic carbocycles. The lowest BCUT2D eigenvalue weighted by Crippen LogP contribution is -2.36. The van der Waals surface area contributed by atoms with E-state index in [9.17, 15) is 0 Å². The summed E-state index contributed by atoms with van der Waals surface area (Å²) in [5.74, 6) is 6.61. The topological polar surface area (TPSA) is 41.6 Å². The third-order valence-electron chi connectivity index (χ3n) is 2.78. The number of amidine groups is 1. The van der Waals surface area contributed by atoms with Gasteiger partial charge in [0.05, 0.1) is 6.54 Å². The molecule has 0 bridgehead atoms. The van der Waals surface area contributed by atoms with Gasteiger partial charge in [-0.25, -0.2) is 10.8 Å². The molecule has 0 unspecified atom stereocenters. The first-order chi connectivity index (χ1) is 8.34. The summed E-state index contributed by atoms with van der Waals surface area (Å²) in [4.78, 5) is 4.29. The Balaban J connectivity index is 2.12. The maximum atomic E-state index is 5.85. The monoisotopic (exact) mass is 222 g/mol. The molecule has 0 aliphatic carbocycles. The van der Waals surface area contributed by atoms with E-state index in [0.29, 0.717) is 0 Å². The lowest BCUT2D eigenvalue weighted by atomic mass is 10.1. The summed E-state index contributed by atoms with van der Waals surface area (Å²) in [6.07, 6.45) is 3.55. The molecule has 0 saturated carbocycles. The van der Waals surface area contributed by atoms with Gasteiger partial charge in [0.25, 0.3) is 0 Å². The molecular formula is C14H12N3. The van der Waals surface area contributed by atoms with Gasteiger partial charge in [-0.3, -0.25) is 5.01 Å². The molecule has 0 saturated heterocycles. The molecular weight excluding hydrogens is 210 g/mol. The maximum absolute atomic E-state index is 5.85. The molecule has 0 spiro atoms. The second kappa shape index (κ2) is 4.03. The summed E-state index contributed by atoms with van der Waals surface area (Å²) in [7, 11) is 0. The molecule has 3 heteroatoms. The Labute approximate surface area is 99.8 Å². The number of hydrogen-bond donors (Lipinski definition) is 1. The van der Waals surface area contributed by atoms with Crippen molar-refractivity contribution in [2.24, 2.45) is 10.8 Å². The first-order valence-corrected chi connectivity index (χ1v) is 5.45. The Hall–Kier alpha value is -2.13. The zero-order valence-electron chi connectivity index (χ0n) is 9.25. The number of benzene rings is 2. The van der Waals surface area contributed by atoms with Crippen LogP contribution in [0, 0.1) is 6.54 Å². The van der Waals surface area contributed by atoms with Crippen LogP contribution in [0.5, 0.6) is 0 Å². The molecule has 2 aromatic rings. The fourth-order valence-electron chi connectivity index (χ4n) is 1.93. The second-order valence-electron chi connectivity index (χ2n) is 3.91. The highest BCUT2D eigenvalue weighted by atomic mass is 15.4. The van der Waals surface area contributed by atoms with Gasteiger partial charge in [0, 0.05) is 11.8 Å². The molecule has 1 heterocycles. The van der Waals surface area contributed by atoms with E-state index in [1.54, 1.807) is 12.7 Å². The van der Waals surface area contributed by atoms with Gasteiger partial charge >= 0.3 is 0 Å². The van der Waals surface area contributed by atoms with Gasteiger partial charge in [0.1, 0.15) is 5.84 Å². The van der Waals surface area contributed by atoms with Gasteiger partial charge in [0.15, 0.2) is 0 Å². The van der Waals surface area contributed by atoms with Crippen molar-refractivity contribution in [2.45, 2.75) is 0 Å². The van der Waals surface area contributed by atoms with Crippen LogP contribution in [0.15, 0.2) is 59.7 Å². The largest absolute Gasteiger partial charge is 0.285 e. The summed E-state index contributed by atoms with van der Waals surface area (Å²) < 4.78 is 0. The number of hydrogen-bond acceptors (Lipinski definition) is 3. The van der Waals surface area contributed by atoms with Crippen molar-refractivity contribution in [1.82, 2.24) is 5.01 Å². The SMILES string of the molecule is NN1[CH]C=CN=C1c1ccc2ccccc2c1. The van der Waals surface area contributed by atoms with Gasteiger partial charge < -0.3 is 0 Å². The molecule has 3 nitrogen and oxygen atoms in total. The van der Waals surface area contributed by atoms with Gasteiger partial charge in [-0.15, -0.1) is 0 Å². The van der Waals surface area contributed by atoms with Crippen molar-refractivity contribution in [3.8, 4) is 0 Å². The lowest BCUT2D eigenvalue weighted by Gasteiger charge is -2.20. The van der Waals surface area contributed by atoms with Crippen LogP contribution in [0.2, 0.25) is 0 Å². The minimum atomic E-state index is 0.762. The Kier molecular flexibility index (Phi) is 2.38. The molecule has 0 aromatic heterocycles. The molecule has 1 aliphatic heterocycles. The molecule has 3 rings (SSSR count). The van der Waals surface area contributed by atoms with E-state index >= 15 is 0 Å². The smallest absolute Gasteiger partial charge is 0.150 e. The third kappa shape index (κ3) is 1.81. The quantitative estimate of drug-likeness (QED) is 0.753. The molecule has 2 N–H and O–H groups in total. The zero-order valence-corrected chi connectivity index (χ0v) is 9.25. The fraction of sp³-hybridized carbons (Fsp3) is 0. The fourth-order valence-corrected chi connectivity index (χ4v) is 1.93. The van der Waals surface area contributed by atoms with E-state index < -0.39 is 0 Å². The first kappa shape index (κ1) is 10.1. The van der Waals surface area contributed by atoms with E-state index in [1.807, 2.05) is 24.3 Å². The number of nitrogens with zero attached hydrogens (tertiary/aromatic N) is 2. The van der Waals surface area contributed by atoms with Crippen LogP contribution < -0.4 is 5.84 Å². The lowest BCUT2D eigenvalue weighted by molar-refractivity contribution is 0.549. The van der Waals surface area contributed by atoms with Crippen LogP contribution in [0.25, 0.3) is 10.8 Å². The van der Waals surface area contributed by atoms with Crippen molar-refractivity contribution >= 4 is 16.6 Å². The normalized spacial score (nSPS) is 15.1. The summed E-state index contributed by atoms with van der Waals surface area (Å²) in [6.45, 7) is 1.79. The summed E-state index contributed by atoms with van der Waals surface area (Å²) >= 11 is 0. The Bertz CT molecular complexity index is 614. The number of rotatable bonds is 1. The number of aliphatic imine (C=N–C) groups is 1. The summed E-state index contributed by atoms with van der Waals surface area (Å²) in [5, 5.41) is 3.94. The predicted octanol–water partition coefficient (Wildman–Crippen LogP) is 2.45. The standard InChI is InChI=1S/C14H12N3/c15-17-9-3-8-16-14(17)13-7-6-11-4-1-2-5-12(11)10-13/h1-10H,15H2. The van der Waals surface area contributed by atoms with E-state index in [-0.39, 0.29) is 0 Å². The Morgan fingerprint density at radius 1 is 1.00 bits per heavy atom. The van der Waals surface area contributed by atoms with Crippen molar-refractivity contribution in [3.63, 3.8) is 0 Å². The molecule has 0 amide bonds. The first-order valence-electron chi connectivity index (χ1n) is 5.45. The molecule has 1 aliphatic rings. The van der Waals surface area contributed by atoms with Crippen molar-refractivity contribution in [3.05, 3.63) is 66.8 Å². The molecule has 17 heavy (non-hydrogen) atoms. The Morgan fingerprint density at radius 2 is 1.82 bits per heavy atom. The average Bonchev–Trinajstić information content (AvgIpc) is 2.39. The predicted molar refractivity (Wildman–Crippen MR) is 70.0 cm³/mol. The molecule has 1 radical (unpaired) electrons. The second-order valence-corrected chi connectivity index (χ2v) is 3.91. The van der Waals surface area contributed by atoms with Crippen LogP contribution >= 0.6 is 0 Å². The van der Waals surface area contributed by atoms with Crippen LogP contribution in [0.1, 0.15) is 5.56 Å². The van der Waals surface area contributed by atoms with Gasteiger partial charge in [-0.2, -0.15) is 0 Å². The highest BCUT2D eigenvalue weighted by molar-refractivity contribution is 6.02. The van der Waals surface area contributed by atoms with Crippen molar-refractivity contribution in [2.75, 3.05) is 0 Å². The van der Waals surface area contributed by atoms with Crippen molar-refractivity contribution < 1.29 is 0 Å². The van der Waals surface area contributed by atoms with Crippen molar-refractivity contribution in [1.29, 1.82) is 0 Å². The molecule has 0 atom stereocenters. The average molecular weight is 222 g/mol. The van der Waals surface area contributed by atoms with Gasteiger partial charge in [0.2, 0.25) is 0 Å². The maximum Gasteiger partial charge on any atom is 0.150 e. The highest BCUT2D eigenvalue weighted by Gasteiger charge is 2.11. The highest BCUT2D eigenvalue weighted by Crippen LogP contribution is 2.18.